The second-order valence-electron chi connectivity index (χ2n) is 8.26. The number of rotatable bonds is 13. The standard InChI is InChI=1S/C27H33N3O3S/c1-22-28-13-12-25(29-22)27-11-10-24(34-27)21-32-18-7-6-17-31-20-23-8-2-3-9-26(23)33-19-16-30-14-4-5-15-30/h2-3,6-13H,4-5,14-21H2,1H3/b7-6+. The minimum Gasteiger partial charge on any atom is -0.492 e. The first kappa shape index (κ1) is 24.5. The minimum absolute atomic E-state index is 0.533. The average molecular weight is 480 g/mol. The fraction of sp³-hybridized carbons (Fsp3) is 0.407. The smallest absolute Gasteiger partial charge is 0.125 e. The van der Waals surface area contributed by atoms with E-state index in [1.165, 1.54) is 30.8 Å². The molecule has 1 fully saturated rings. The fourth-order valence-corrected chi connectivity index (χ4v) is 4.76. The molecule has 0 amide bonds. The van der Waals surface area contributed by atoms with Crippen molar-refractivity contribution >= 4 is 11.3 Å². The van der Waals surface area contributed by atoms with Gasteiger partial charge in [-0.25, -0.2) is 9.97 Å². The Balaban J connectivity index is 1.11. The van der Waals surface area contributed by atoms with E-state index in [0.717, 1.165) is 40.9 Å². The van der Waals surface area contributed by atoms with Crippen molar-refractivity contribution in [3.05, 3.63) is 77.1 Å². The number of para-hydroxylation sites is 1. The Hall–Kier alpha value is -2.58. The van der Waals surface area contributed by atoms with Gasteiger partial charge in [0.15, 0.2) is 0 Å². The zero-order chi connectivity index (χ0) is 23.4. The van der Waals surface area contributed by atoms with Crippen molar-refractivity contribution in [1.82, 2.24) is 14.9 Å². The number of nitrogens with zero attached hydrogens (tertiary/aromatic N) is 3. The number of hydrogen-bond acceptors (Lipinski definition) is 7. The van der Waals surface area contributed by atoms with E-state index in [0.29, 0.717) is 26.4 Å². The van der Waals surface area contributed by atoms with Gasteiger partial charge >= 0.3 is 0 Å². The summed E-state index contributed by atoms with van der Waals surface area (Å²) in [6.45, 7) is 8.22. The van der Waals surface area contributed by atoms with Crippen LogP contribution in [0.2, 0.25) is 0 Å². The third-order valence-electron chi connectivity index (χ3n) is 5.62. The summed E-state index contributed by atoms with van der Waals surface area (Å²) >= 11 is 1.70. The maximum Gasteiger partial charge on any atom is 0.125 e. The number of thiophene rings is 1. The van der Waals surface area contributed by atoms with Gasteiger partial charge in [0.2, 0.25) is 0 Å². The van der Waals surface area contributed by atoms with E-state index < -0.39 is 0 Å². The van der Waals surface area contributed by atoms with E-state index in [4.69, 9.17) is 14.2 Å². The molecule has 1 aliphatic rings. The second kappa shape index (κ2) is 13.3. The van der Waals surface area contributed by atoms with Crippen LogP contribution in [0.4, 0.5) is 0 Å². The van der Waals surface area contributed by atoms with Gasteiger partial charge in [-0.15, -0.1) is 11.3 Å². The van der Waals surface area contributed by atoms with Crippen LogP contribution in [0.5, 0.6) is 5.75 Å². The lowest BCUT2D eigenvalue weighted by Crippen LogP contribution is -2.25. The predicted octanol–water partition coefficient (Wildman–Crippen LogP) is 5.28. The van der Waals surface area contributed by atoms with E-state index in [2.05, 4.69) is 33.1 Å². The molecule has 0 saturated carbocycles. The Morgan fingerprint density at radius 2 is 1.76 bits per heavy atom. The number of benzene rings is 1. The first-order valence-electron chi connectivity index (χ1n) is 11.9. The molecule has 0 spiro atoms. The highest BCUT2D eigenvalue weighted by atomic mass is 32.1. The van der Waals surface area contributed by atoms with E-state index in [9.17, 15) is 0 Å². The molecule has 0 bridgehead atoms. The highest BCUT2D eigenvalue weighted by Crippen LogP contribution is 2.27. The van der Waals surface area contributed by atoms with Gasteiger partial charge in [-0.3, -0.25) is 4.90 Å². The number of ether oxygens (including phenoxy) is 3. The largest absolute Gasteiger partial charge is 0.492 e. The van der Waals surface area contributed by atoms with Crippen LogP contribution in [0, 0.1) is 6.92 Å². The second-order valence-corrected chi connectivity index (χ2v) is 9.43. The summed E-state index contributed by atoms with van der Waals surface area (Å²) in [4.78, 5) is 13.4. The molecule has 0 radical (unpaired) electrons. The SMILES string of the molecule is Cc1nccc(-c2ccc(COC/C=C/COCc3ccccc3OCCN3CCCC3)s2)n1. The van der Waals surface area contributed by atoms with Crippen molar-refractivity contribution in [2.45, 2.75) is 33.0 Å². The third kappa shape index (κ3) is 7.74. The van der Waals surface area contributed by atoms with Crippen molar-refractivity contribution in [2.75, 3.05) is 39.5 Å². The van der Waals surface area contributed by atoms with Crippen LogP contribution in [-0.4, -0.2) is 54.3 Å². The molecule has 34 heavy (non-hydrogen) atoms. The summed E-state index contributed by atoms with van der Waals surface area (Å²) in [6.07, 6.45) is 8.41. The van der Waals surface area contributed by atoms with Crippen LogP contribution in [0.15, 0.2) is 60.8 Å². The van der Waals surface area contributed by atoms with Crippen LogP contribution >= 0.6 is 11.3 Å². The first-order valence-corrected chi connectivity index (χ1v) is 12.7. The lowest BCUT2D eigenvalue weighted by atomic mass is 10.2. The molecular formula is C27H33N3O3S. The van der Waals surface area contributed by atoms with Crippen LogP contribution in [0.1, 0.15) is 29.1 Å². The lowest BCUT2D eigenvalue weighted by Gasteiger charge is -2.16. The van der Waals surface area contributed by atoms with Gasteiger partial charge in [0.1, 0.15) is 18.2 Å². The molecule has 1 saturated heterocycles. The summed E-state index contributed by atoms with van der Waals surface area (Å²) in [5.41, 5.74) is 2.04. The van der Waals surface area contributed by atoms with E-state index in [1.54, 1.807) is 17.5 Å². The maximum atomic E-state index is 6.02. The molecule has 1 aromatic carbocycles. The number of aromatic nitrogens is 2. The molecule has 0 atom stereocenters. The molecule has 0 N–H and O–H groups in total. The molecule has 6 nitrogen and oxygen atoms in total. The topological polar surface area (TPSA) is 56.7 Å². The zero-order valence-electron chi connectivity index (χ0n) is 19.8. The Morgan fingerprint density at radius 3 is 2.59 bits per heavy atom. The number of likely N-dealkylation sites (tertiary alicyclic amines) is 1. The predicted molar refractivity (Wildman–Crippen MR) is 136 cm³/mol. The van der Waals surface area contributed by atoms with Gasteiger partial charge in [-0.2, -0.15) is 0 Å². The number of hydrogen-bond donors (Lipinski definition) is 0. The van der Waals surface area contributed by atoms with Gasteiger partial charge in [0.25, 0.3) is 0 Å². The minimum atomic E-state index is 0.533. The zero-order valence-corrected chi connectivity index (χ0v) is 20.6. The molecular weight excluding hydrogens is 446 g/mol. The molecule has 180 valence electrons. The van der Waals surface area contributed by atoms with Crippen LogP contribution < -0.4 is 4.74 Å². The van der Waals surface area contributed by atoms with Gasteiger partial charge in [-0.05, 0) is 57.1 Å². The number of aryl methyl sites for hydroxylation is 1. The van der Waals surface area contributed by atoms with Crippen molar-refractivity contribution in [1.29, 1.82) is 0 Å². The Kier molecular flexibility index (Phi) is 9.63. The Bertz CT molecular complexity index is 1050. The van der Waals surface area contributed by atoms with Crippen molar-refractivity contribution in [3.8, 4) is 16.3 Å². The molecule has 4 rings (SSSR count). The van der Waals surface area contributed by atoms with Gasteiger partial charge in [-0.1, -0.05) is 30.4 Å². The summed E-state index contributed by atoms with van der Waals surface area (Å²) in [5, 5.41) is 0. The van der Waals surface area contributed by atoms with Crippen molar-refractivity contribution < 1.29 is 14.2 Å². The third-order valence-corrected chi connectivity index (χ3v) is 6.70. The van der Waals surface area contributed by atoms with Gasteiger partial charge < -0.3 is 14.2 Å². The molecule has 1 aliphatic heterocycles. The highest BCUT2D eigenvalue weighted by Gasteiger charge is 2.11. The normalized spacial score (nSPS) is 14.3. The molecule has 3 aromatic rings. The Morgan fingerprint density at radius 1 is 0.971 bits per heavy atom. The molecule has 3 heterocycles. The van der Waals surface area contributed by atoms with Gasteiger partial charge in [0.05, 0.1) is 37.0 Å². The molecule has 7 heteroatoms. The average Bonchev–Trinajstić information content (AvgIpc) is 3.54. The Labute approximate surface area is 206 Å². The molecule has 0 aliphatic carbocycles. The van der Waals surface area contributed by atoms with E-state index in [1.807, 2.05) is 43.3 Å². The van der Waals surface area contributed by atoms with E-state index >= 15 is 0 Å². The first-order chi connectivity index (χ1) is 16.8. The van der Waals surface area contributed by atoms with Crippen molar-refractivity contribution in [3.63, 3.8) is 0 Å². The summed E-state index contributed by atoms with van der Waals surface area (Å²) in [6, 6.07) is 14.2. The van der Waals surface area contributed by atoms with Crippen molar-refractivity contribution in [2.24, 2.45) is 0 Å². The van der Waals surface area contributed by atoms with Crippen LogP contribution in [0.25, 0.3) is 10.6 Å². The van der Waals surface area contributed by atoms with Crippen LogP contribution in [-0.2, 0) is 22.7 Å². The maximum absolute atomic E-state index is 6.02. The molecule has 0 unspecified atom stereocenters. The quantitative estimate of drug-likeness (QED) is 0.246. The van der Waals surface area contributed by atoms with Crippen LogP contribution in [0.3, 0.4) is 0 Å². The monoisotopic (exact) mass is 479 g/mol. The highest BCUT2D eigenvalue weighted by molar-refractivity contribution is 7.15. The lowest BCUT2D eigenvalue weighted by molar-refractivity contribution is 0.139. The molecule has 2 aromatic heterocycles. The van der Waals surface area contributed by atoms with Gasteiger partial charge in [0, 0.05) is 23.2 Å². The summed E-state index contributed by atoms with van der Waals surface area (Å²) < 4.78 is 17.6. The summed E-state index contributed by atoms with van der Waals surface area (Å²) in [7, 11) is 0. The fourth-order valence-electron chi connectivity index (χ4n) is 3.84. The summed E-state index contributed by atoms with van der Waals surface area (Å²) in [5.74, 6) is 1.70. The van der Waals surface area contributed by atoms with E-state index in [-0.39, 0.29) is 0 Å².